The summed E-state index contributed by atoms with van der Waals surface area (Å²) >= 11 is 7.36. The second-order valence-corrected chi connectivity index (χ2v) is 5.27. The zero-order valence-corrected chi connectivity index (χ0v) is 11.4. The van der Waals surface area contributed by atoms with Gasteiger partial charge in [0.25, 0.3) is 0 Å². The minimum Gasteiger partial charge on any atom is -0.383 e. The Morgan fingerprint density at radius 2 is 2.29 bits per heavy atom. The smallest absolute Gasteiger partial charge is 0.233 e. The second kappa shape index (κ2) is 8.47. The normalized spacial score (nSPS) is 10.5. The largest absolute Gasteiger partial charge is 0.383 e. The lowest BCUT2D eigenvalue weighted by atomic mass is 10.3. The summed E-state index contributed by atoms with van der Waals surface area (Å²) in [7, 11) is 1.63. The van der Waals surface area contributed by atoms with Crippen LogP contribution >= 0.6 is 22.9 Å². The van der Waals surface area contributed by atoms with Crippen molar-refractivity contribution in [1.82, 2.24) is 10.6 Å². The van der Waals surface area contributed by atoms with Crippen molar-refractivity contribution in [3.05, 3.63) is 21.3 Å². The maximum absolute atomic E-state index is 11.4. The van der Waals surface area contributed by atoms with Crippen molar-refractivity contribution in [3.8, 4) is 0 Å². The van der Waals surface area contributed by atoms with Crippen LogP contribution in [0.2, 0.25) is 4.34 Å². The molecule has 0 aliphatic rings. The van der Waals surface area contributed by atoms with Crippen LogP contribution in [0.1, 0.15) is 4.88 Å². The quantitative estimate of drug-likeness (QED) is 0.704. The molecule has 1 aromatic heterocycles. The first-order valence-corrected chi connectivity index (χ1v) is 6.62. The van der Waals surface area contributed by atoms with Gasteiger partial charge < -0.3 is 15.4 Å². The molecule has 1 amide bonds. The van der Waals surface area contributed by atoms with E-state index in [2.05, 4.69) is 10.6 Å². The molecule has 0 radical (unpaired) electrons. The molecule has 0 atom stereocenters. The number of nitrogens with one attached hydrogen (secondary N) is 2. The van der Waals surface area contributed by atoms with E-state index < -0.39 is 0 Å². The van der Waals surface area contributed by atoms with Gasteiger partial charge in [0, 0.05) is 25.1 Å². The van der Waals surface area contributed by atoms with E-state index in [0.717, 1.165) is 10.8 Å². The lowest BCUT2D eigenvalue weighted by Gasteiger charge is -2.05. The third-order valence-corrected chi connectivity index (χ3v) is 3.38. The van der Waals surface area contributed by atoms with Crippen LogP contribution < -0.4 is 10.6 Å². The van der Waals surface area contributed by atoms with Crippen molar-refractivity contribution in [2.45, 2.75) is 6.42 Å². The van der Waals surface area contributed by atoms with Gasteiger partial charge in [-0.15, -0.1) is 11.3 Å². The Morgan fingerprint density at radius 3 is 2.94 bits per heavy atom. The Hall–Kier alpha value is -0.620. The highest BCUT2D eigenvalue weighted by molar-refractivity contribution is 7.16. The summed E-state index contributed by atoms with van der Waals surface area (Å²) in [6.45, 7) is 2.27. The zero-order chi connectivity index (χ0) is 12.5. The predicted molar refractivity (Wildman–Crippen MR) is 70.8 cm³/mol. The van der Waals surface area contributed by atoms with Crippen LogP contribution in [0.15, 0.2) is 12.1 Å². The van der Waals surface area contributed by atoms with Crippen molar-refractivity contribution < 1.29 is 9.53 Å². The van der Waals surface area contributed by atoms with Crippen molar-refractivity contribution >= 4 is 28.8 Å². The number of methoxy groups -OCH3 is 1. The first-order valence-electron chi connectivity index (χ1n) is 5.43. The summed E-state index contributed by atoms with van der Waals surface area (Å²) in [5, 5.41) is 5.82. The van der Waals surface area contributed by atoms with Gasteiger partial charge in [-0.3, -0.25) is 4.79 Å². The molecule has 0 saturated heterocycles. The Bertz CT molecular complexity index is 344. The standard InChI is InChI=1S/C11H17ClN2O2S/c1-16-7-6-13-8-11(15)14-5-4-9-2-3-10(12)17-9/h2-3,13H,4-8H2,1H3,(H,14,15). The SMILES string of the molecule is COCCNCC(=O)NCCc1ccc(Cl)s1. The summed E-state index contributed by atoms with van der Waals surface area (Å²) < 4.78 is 5.64. The van der Waals surface area contributed by atoms with Gasteiger partial charge in [-0.2, -0.15) is 0 Å². The molecule has 0 aliphatic carbocycles. The van der Waals surface area contributed by atoms with Crippen LogP contribution in [0.3, 0.4) is 0 Å². The number of ether oxygens (including phenoxy) is 1. The molecule has 4 nitrogen and oxygen atoms in total. The van der Waals surface area contributed by atoms with Crippen LogP contribution in [-0.2, 0) is 16.0 Å². The molecule has 1 rings (SSSR count). The summed E-state index contributed by atoms with van der Waals surface area (Å²) in [5.74, 6) is 0.00348. The summed E-state index contributed by atoms with van der Waals surface area (Å²) in [5.41, 5.74) is 0. The number of amides is 1. The first-order chi connectivity index (χ1) is 8.22. The summed E-state index contributed by atoms with van der Waals surface area (Å²) in [6.07, 6.45) is 0.821. The zero-order valence-electron chi connectivity index (χ0n) is 9.79. The highest BCUT2D eigenvalue weighted by Gasteiger charge is 2.01. The van der Waals surface area contributed by atoms with Gasteiger partial charge in [-0.1, -0.05) is 11.6 Å². The fourth-order valence-electron chi connectivity index (χ4n) is 1.25. The number of hydrogen-bond acceptors (Lipinski definition) is 4. The van der Waals surface area contributed by atoms with Crippen LogP contribution in [-0.4, -0.2) is 39.3 Å². The average molecular weight is 277 g/mol. The molecule has 0 spiro atoms. The molecule has 0 saturated carbocycles. The first kappa shape index (κ1) is 14.4. The fraction of sp³-hybridized carbons (Fsp3) is 0.545. The number of hydrogen-bond donors (Lipinski definition) is 2. The number of halogens is 1. The predicted octanol–water partition coefficient (Wildman–Crippen LogP) is 1.30. The fourth-order valence-corrected chi connectivity index (χ4v) is 2.34. The molecular formula is C11H17ClN2O2S. The molecule has 96 valence electrons. The topological polar surface area (TPSA) is 50.4 Å². The van der Waals surface area contributed by atoms with E-state index in [0.29, 0.717) is 26.2 Å². The molecule has 2 N–H and O–H groups in total. The summed E-state index contributed by atoms with van der Waals surface area (Å²) in [6, 6.07) is 3.85. The lowest BCUT2D eigenvalue weighted by Crippen LogP contribution is -2.36. The molecule has 1 aromatic rings. The van der Waals surface area contributed by atoms with Crippen molar-refractivity contribution in [1.29, 1.82) is 0 Å². The number of thiophene rings is 1. The van der Waals surface area contributed by atoms with Gasteiger partial charge in [0.1, 0.15) is 0 Å². The van der Waals surface area contributed by atoms with Gasteiger partial charge in [0.15, 0.2) is 0 Å². The molecule has 0 aromatic carbocycles. The minimum absolute atomic E-state index is 0.00348. The van der Waals surface area contributed by atoms with E-state index in [1.807, 2.05) is 12.1 Å². The molecule has 0 unspecified atom stereocenters. The van der Waals surface area contributed by atoms with E-state index in [-0.39, 0.29) is 5.91 Å². The van der Waals surface area contributed by atoms with E-state index in [9.17, 15) is 4.79 Å². The maximum atomic E-state index is 11.4. The van der Waals surface area contributed by atoms with Crippen LogP contribution in [0.5, 0.6) is 0 Å². The highest BCUT2D eigenvalue weighted by atomic mass is 35.5. The number of carbonyl (C=O) groups is 1. The van der Waals surface area contributed by atoms with Crippen LogP contribution in [0.4, 0.5) is 0 Å². The van der Waals surface area contributed by atoms with Gasteiger partial charge in [-0.25, -0.2) is 0 Å². The van der Waals surface area contributed by atoms with E-state index in [1.165, 1.54) is 4.88 Å². The van der Waals surface area contributed by atoms with Gasteiger partial charge in [0.05, 0.1) is 17.5 Å². The van der Waals surface area contributed by atoms with Gasteiger partial charge >= 0.3 is 0 Å². The second-order valence-electron chi connectivity index (χ2n) is 3.48. The molecule has 6 heteroatoms. The Kier molecular flexibility index (Phi) is 7.19. The third-order valence-electron chi connectivity index (χ3n) is 2.09. The molecule has 17 heavy (non-hydrogen) atoms. The minimum atomic E-state index is 0.00348. The van der Waals surface area contributed by atoms with Crippen molar-refractivity contribution in [3.63, 3.8) is 0 Å². The van der Waals surface area contributed by atoms with Crippen LogP contribution in [0.25, 0.3) is 0 Å². The number of carbonyl (C=O) groups excluding carboxylic acids is 1. The number of rotatable bonds is 8. The van der Waals surface area contributed by atoms with Crippen LogP contribution in [0, 0.1) is 0 Å². The average Bonchev–Trinajstić information content (AvgIpc) is 2.71. The molecule has 0 fully saturated rings. The van der Waals surface area contributed by atoms with E-state index in [4.69, 9.17) is 16.3 Å². The Morgan fingerprint density at radius 1 is 1.47 bits per heavy atom. The van der Waals surface area contributed by atoms with Crippen molar-refractivity contribution in [2.75, 3.05) is 33.4 Å². The monoisotopic (exact) mass is 276 g/mol. The van der Waals surface area contributed by atoms with E-state index >= 15 is 0 Å². The maximum Gasteiger partial charge on any atom is 0.233 e. The molecular weight excluding hydrogens is 260 g/mol. The van der Waals surface area contributed by atoms with Gasteiger partial charge in [-0.05, 0) is 18.6 Å². The Balaban J connectivity index is 2.04. The summed E-state index contributed by atoms with van der Waals surface area (Å²) in [4.78, 5) is 12.5. The lowest BCUT2D eigenvalue weighted by molar-refractivity contribution is -0.120. The van der Waals surface area contributed by atoms with Crippen molar-refractivity contribution in [2.24, 2.45) is 0 Å². The van der Waals surface area contributed by atoms with E-state index in [1.54, 1.807) is 18.4 Å². The van der Waals surface area contributed by atoms with Gasteiger partial charge in [0.2, 0.25) is 5.91 Å². The highest BCUT2D eigenvalue weighted by Crippen LogP contribution is 2.21. The molecule has 0 aliphatic heterocycles. The molecule has 1 heterocycles. The molecule has 0 bridgehead atoms. The Labute approximate surface area is 110 Å². The third kappa shape index (κ3) is 6.63.